The van der Waals surface area contributed by atoms with Gasteiger partial charge in [-0.25, -0.2) is 9.78 Å². The molecular formula is C26H34N2O4Si. The normalized spacial score (nSPS) is 11.9. The summed E-state index contributed by atoms with van der Waals surface area (Å²) < 4.78 is 18.8. The van der Waals surface area contributed by atoms with E-state index in [0.717, 1.165) is 46.1 Å². The van der Waals surface area contributed by atoms with E-state index in [0.29, 0.717) is 18.9 Å². The molecule has 7 heteroatoms. The van der Waals surface area contributed by atoms with Crippen LogP contribution in [0.5, 0.6) is 5.75 Å². The van der Waals surface area contributed by atoms with Crippen LogP contribution in [0.15, 0.2) is 36.7 Å². The third kappa shape index (κ3) is 6.33. The minimum Gasteiger partial charge on any atom is -0.495 e. The predicted molar refractivity (Wildman–Crippen MR) is 136 cm³/mol. The van der Waals surface area contributed by atoms with Crippen LogP contribution in [0.1, 0.15) is 34.0 Å². The van der Waals surface area contributed by atoms with Crippen LogP contribution in [0.2, 0.25) is 25.7 Å². The van der Waals surface area contributed by atoms with Gasteiger partial charge in [0.05, 0.1) is 24.7 Å². The summed E-state index contributed by atoms with van der Waals surface area (Å²) in [5, 5.41) is 0.936. The molecule has 0 N–H and O–H groups in total. The number of carbonyl (C=O) groups excluding carboxylic acids is 1. The van der Waals surface area contributed by atoms with Gasteiger partial charge in [0.25, 0.3) is 0 Å². The van der Waals surface area contributed by atoms with Gasteiger partial charge in [0.15, 0.2) is 0 Å². The molecule has 0 bridgehead atoms. The van der Waals surface area contributed by atoms with Crippen molar-refractivity contribution in [3.8, 4) is 5.75 Å². The number of fused-ring (bicyclic) bond motifs is 1. The zero-order valence-corrected chi connectivity index (χ0v) is 21.5. The first-order valence-corrected chi connectivity index (χ1v) is 15.0. The van der Waals surface area contributed by atoms with Crippen molar-refractivity contribution in [3.63, 3.8) is 0 Å². The molecule has 0 atom stereocenters. The summed E-state index contributed by atoms with van der Waals surface area (Å²) in [4.78, 5) is 16.8. The van der Waals surface area contributed by atoms with Gasteiger partial charge in [-0.2, -0.15) is 0 Å². The Hall–Kier alpha value is -2.90. The predicted octanol–water partition coefficient (Wildman–Crippen LogP) is 6.01. The first-order chi connectivity index (χ1) is 15.7. The lowest BCUT2D eigenvalue weighted by Gasteiger charge is -2.15. The van der Waals surface area contributed by atoms with Crippen molar-refractivity contribution in [1.29, 1.82) is 0 Å². The molecule has 3 aromatic rings. The maximum absolute atomic E-state index is 12.1. The second-order valence-corrected chi connectivity index (χ2v) is 14.9. The highest BCUT2D eigenvalue weighted by Gasteiger charge is 2.14. The summed E-state index contributed by atoms with van der Waals surface area (Å²) in [6, 6.07) is 8.69. The van der Waals surface area contributed by atoms with Gasteiger partial charge in [0.1, 0.15) is 18.1 Å². The van der Waals surface area contributed by atoms with Crippen molar-refractivity contribution >= 4 is 37.2 Å². The summed E-state index contributed by atoms with van der Waals surface area (Å²) >= 11 is 0. The van der Waals surface area contributed by atoms with Crippen LogP contribution in [0, 0.1) is 6.92 Å². The largest absolute Gasteiger partial charge is 0.495 e. The van der Waals surface area contributed by atoms with E-state index in [1.807, 2.05) is 48.0 Å². The molecule has 0 aliphatic carbocycles. The van der Waals surface area contributed by atoms with E-state index in [4.69, 9.17) is 14.2 Å². The molecule has 3 rings (SSSR count). The number of hydrogen-bond donors (Lipinski definition) is 0. The Morgan fingerprint density at radius 2 is 1.91 bits per heavy atom. The van der Waals surface area contributed by atoms with Crippen LogP contribution in [-0.2, 0) is 16.2 Å². The van der Waals surface area contributed by atoms with E-state index >= 15 is 0 Å². The van der Waals surface area contributed by atoms with Gasteiger partial charge in [-0.1, -0.05) is 31.8 Å². The highest BCUT2D eigenvalue weighted by atomic mass is 28.3. The number of methoxy groups -OCH3 is 1. The van der Waals surface area contributed by atoms with Crippen LogP contribution >= 0.6 is 0 Å². The fourth-order valence-electron chi connectivity index (χ4n) is 3.46. The van der Waals surface area contributed by atoms with E-state index in [-0.39, 0.29) is 5.97 Å². The first-order valence-electron chi connectivity index (χ1n) is 11.3. The zero-order chi connectivity index (χ0) is 24.0. The van der Waals surface area contributed by atoms with Gasteiger partial charge >= 0.3 is 5.97 Å². The topological polar surface area (TPSA) is 62.6 Å². The number of esters is 1. The maximum Gasteiger partial charge on any atom is 0.338 e. The standard InChI is InChI=1S/C26H34N2O4Si/c1-7-32-26(29)21-9-8-19(2)20(16-21)10-11-22-17-27-25-23(24(22)30-3)12-13-28(25)18-31-14-15-33(4,5)6/h8-13,16-17H,7,14-15,18H2,1-6H3. The molecule has 176 valence electrons. The average molecular weight is 467 g/mol. The molecule has 0 aliphatic heterocycles. The molecule has 0 amide bonds. The highest BCUT2D eigenvalue weighted by Crippen LogP contribution is 2.30. The van der Waals surface area contributed by atoms with Crippen molar-refractivity contribution < 1.29 is 19.0 Å². The quantitative estimate of drug-likeness (QED) is 0.208. The minimum absolute atomic E-state index is 0.318. The molecule has 1 aromatic carbocycles. The summed E-state index contributed by atoms with van der Waals surface area (Å²) in [6.07, 6.45) is 7.72. The average Bonchev–Trinajstić information content (AvgIpc) is 3.18. The Morgan fingerprint density at radius 1 is 1.15 bits per heavy atom. The Kier molecular flexibility index (Phi) is 8.10. The monoisotopic (exact) mass is 466 g/mol. The van der Waals surface area contributed by atoms with Gasteiger partial charge in [-0.05, 0) is 55.3 Å². The highest BCUT2D eigenvalue weighted by molar-refractivity contribution is 6.76. The van der Waals surface area contributed by atoms with Crippen molar-refractivity contribution in [2.75, 3.05) is 20.3 Å². The fourth-order valence-corrected chi connectivity index (χ4v) is 4.22. The van der Waals surface area contributed by atoms with Gasteiger partial charge in [0, 0.05) is 32.6 Å². The van der Waals surface area contributed by atoms with E-state index in [2.05, 4.69) is 24.6 Å². The molecule has 2 heterocycles. The Bertz CT molecular complexity index is 1150. The summed E-state index contributed by atoms with van der Waals surface area (Å²) in [5.41, 5.74) is 4.24. The SMILES string of the molecule is CCOC(=O)c1ccc(C)c(C=Cc2cnc3c(ccn3COCC[Si](C)(C)C)c2OC)c1. The Balaban J connectivity index is 1.82. The third-order valence-corrected chi connectivity index (χ3v) is 7.13. The van der Waals surface area contributed by atoms with Gasteiger partial charge in [0.2, 0.25) is 0 Å². The van der Waals surface area contributed by atoms with E-state index < -0.39 is 8.07 Å². The lowest BCUT2D eigenvalue weighted by molar-refractivity contribution is 0.0526. The molecule has 0 aliphatic rings. The molecule has 0 radical (unpaired) electrons. The number of ether oxygens (including phenoxy) is 3. The lowest BCUT2D eigenvalue weighted by Crippen LogP contribution is -2.22. The van der Waals surface area contributed by atoms with E-state index in [9.17, 15) is 4.79 Å². The first kappa shape index (κ1) is 24.7. The van der Waals surface area contributed by atoms with Crippen LogP contribution < -0.4 is 4.74 Å². The second-order valence-electron chi connectivity index (χ2n) is 9.24. The molecule has 0 fully saturated rings. The number of benzene rings is 1. The number of nitrogens with zero attached hydrogens (tertiary/aromatic N) is 2. The van der Waals surface area contributed by atoms with Crippen LogP contribution in [0.4, 0.5) is 0 Å². The maximum atomic E-state index is 12.1. The number of pyridine rings is 1. The van der Waals surface area contributed by atoms with Crippen molar-refractivity contribution in [2.24, 2.45) is 0 Å². The number of aryl methyl sites for hydroxylation is 1. The van der Waals surface area contributed by atoms with E-state index in [1.165, 1.54) is 0 Å². The molecular weight excluding hydrogens is 432 g/mol. The number of rotatable bonds is 10. The summed E-state index contributed by atoms with van der Waals surface area (Å²) in [6.45, 7) is 12.4. The fraction of sp³-hybridized carbons (Fsp3) is 0.385. The molecule has 0 spiro atoms. The van der Waals surface area contributed by atoms with Crippen molar-refractivity contribution in [1.82, 2.24) is 9.55 Å². The smallest absolute Gasteiger partial charge is 0.338 e. The molecule has 33 heavy (non-hydrogen) atoms. The number of aromatic nitrogens is 2. The Labute approximate surface area is 197 Å². The van der Waals surface area contributed by atoms with Crippen LogP contribution in [-0.4, -0.2) is 43.9 Å². The zero-order valence-electron chi connectivity index (χ0n) is 20.5. The van der Waals surface area contributed by atoms with Gasteiger partial charge in [-0.15, -0.1) is 0 Å². The number of hydrogen-bond acceptors (Lipinski definition) is 5. The van der Waals surface area contributed by atoms with E-state index in [1.54, 1.807) is 26.3 Å². The molecule has 0 saturated heterocycles. The lowest BCUT2D eigenvalue weighted by atomic mass is 10.0. The summed E-state index contributed by atoms with van der Waals surface area (Å²) in [7, 11) is 0.553. The Morgan fingerprint density at radius 3 is 2.61 bits per heavy atom. The second kappa shape index (κ2) is 10.8. The third-order valence-electron chi connectivity index (χ3n) is 5.43. The molecule has 2 aromatic heterocycles. The van der Waals surface area contributed by atoms with Crippen molar-refractivity contribution in [3.05, 3.63) is 58.9 Å². The van der Waals surface area contributed by atoms with Crippen LogP contribution in [0.3, 0.4) is 0 Å². The molecule has 6 nitrogen and oxygen atoms in total. The minimum atomic E-state index is -1.11. The molecule has 0 unspecified atom stereocenters. The van der Waals surface area contributed by atoms with Crippen molar-refractivity contribution in [2.45, 2.75) is 46.3 Å². The van der Waals surface area contributed by atoms with Crippen LogP contribution in [0.25, 0.3) is 23.2 Å². The number of carbonyl (C=O) groups is 1. The molecule has 0 saturated carbocycles. The van der Waals surface area contributed by atoms with Gasteiger partial charge < -0.3 is 18.8 Å². The summed E-state index contributed by atoms with van der Waals surface area (Å²) in [5.74, 6) is 0.442. The van der Waals surface area contributed by atoms with Gasteiger partial charge in [-0.3, -0.25) is 0 Å².